The molecule has 0 aromatic rings. The summed E-state index contributed by atoms with van der Waals surface area (Å²) in [5.74, 6) is 4.73. The van der Waals surface area contributed by atoms with Crippen molar-refractivity contribution in [3.05, 3.63) is 23.3 Å². The van der Waals surface area contributed by atoms with Gasteiger partial charge in [-0.25, -0.2) is 0 Å². The second-order valence-corrected chi connectivity index (χ2v) is 12.1. The second-order valence-electron chi connectivity index (χ2n) is 12.1. The Labute approximate surface area is 180 Å². The normalized spacial score (nSPS) is 46.0. The number of fused-ring (bicyclic) bond motifs is 5. The summed E-state index contributed by atoms with van der Waals surface area (Å²) in [4.78, 5) is 0. The summed E-state index contributed by atoms with van der Waals surface area (Å²) in [6.07, 6.45) is 16.6. The molecule has 1 heteroatoms. The molecule has 0 aromatic carbocycles. The Kier molecular flexibility index (Phi) is 5.86. The molecule has 0 bridgehead atoms. The van der Waals surface area contributed by atoms with Gasteiger partial charge in [-0.1, -0.05) is 57.9 Å². The Morgan fingerprint density at radius 1 is 1.14 bits per heavy atom. The van der Waals surface area contributed by atoms with E-state index in [-0.39, 0.29) is 11.5 Å². The molecule has 29 heavy (non-hydrogen) atoms. The molecule has 0 saturated heterocycles. The van der Waals surface area contributed by atoms with Gasteiger partial charge in [0.25, 0.3) is 0 Å². The monoisotopic (exact) mass is 398 g/mol. The third-order valence-corrected chi connectivity index (χ3v) is 10.6. The number of aliphatic hydroxyl groups is 1. The lowest BCUT2D eigenvalue weighted by molar-refractivity contribution is -0.0926. The summed E-state index contributed by atoms with van der Waals surface area (Å²) in [5.41, 5.74) is 3.76. The quantitative estimate of drug-likeness (QED) is 0.484. The molecule has 1 unspecified atom stereocenters. The number of aliphatic hydroxyl groups excluding tert-OH is 1. The van der Waals surface area contributed by atoms with Gasteiger partial charge in [-0.15, -0.1) is 0 Å². The van der Waals surface area contributed by atoms with E-state index in [1.54, 1.807) is 11.1 Å². The summed E-state index contributed by atoms with van der Waals surface area (Å²) < 4.78 is 0. The number of rotatable bonds is 4. The van der Waals surface area contributed by atoms with E-state index in [1.165, 1.54) is 51.4 Å². The average Bonchev–Trinajstić information content (AvgIpc) is 3.04. The summed E-state index contributed by atoms with van der Waals surface area (Å²) in [6, 6.07) is 0. The van der Waals surface area contributed by atoms with Gasteiger partial charge in [-0.2, -0.15) is 0 Å². The Morgan fingerprint density at radius 2 is 1.90 bits per heavy atom. The van der Waals surface area contributed by atoms with E-state index in [0.29, 0.717) is 17.3 Å². The van der Waals surface area contributed by atoms with Crippen molar-refractivity contribution in [1.29, 1.82) is 0 Å². The van der Waals surface area contributed by atoms with Crippen LogP contribution in [0.5, 0.6) is 0 Å². The van der Waals surface area contributed by atoms with Gasteiger partial charge >= 0.3 is 0 Å². The van der Waals surface area contributed by atoms with Crippen LogP contribution in [-0.4, -0.2) is 11.2 Å². The van der Waals surface area contributed by atoms with Gasteiger partial charge in [0.15, 0.2) is 0 Å². The molecular formula is C28H46O. The van der Waals surface area contributed by atoms with Crippen LogP contribution in [0.1, 0.15) is 99.3 Å². The molecule has 8 atom stereocenters. The van der Waals surface area contributed by atoms with Crippen LogP contribution in [0.2, 0.25) is 0 Å². The molecule has 4 aliphatic carbocycles. The van der Waals surface area contributed by atoms with E-state index >= 15 is 0 Å². The SMILES string of the molecule is CC(=CC[C@@H](C)[C@H]1CC[C@H]2[C@@H]3CC=C4CCCC(O)[C@]4(C)[C@H]3CC[C@]12C)C(C)C. The Bertz CT molecular complexity index is 672. The molecule has 3 fully saturated rings. The van der Waals surface area contributed by atoms with E-state index in [9.17, 15) is 5.11 Å². The predicted molar refractivity (Wildman–Crippen MR) is 124 cm³/mol. The maximum Gasteiger partial charge on any atom is 0.0633 e. The highest BCUT2D eigenvalue weighted by Crippen LogP contribution is 2.67. The van der Waals surface area contributed by atoms with Gasteiger partial charge in [0, 0.05) is 5.41 Å². The smallest absolute Gasteiger partial charge is 0.0633 e. The largest absolute Gasteiger partial charge is 0.392 e. The van der Waals surface area contributed by atoms with Gasteiger partial charge in [0.2, 0.25) is 0 Å². The molecule has 1 nitrogen and oxygen atoms in total. The first kappa shape index (κ1) is 21.7. The Morgan fingerprint density at radius 3 is 2.62 bits per heavy atom. The highest BCUT2D eigenvalue weighted by atomic mass is 16.3. The van der Waals surface area contributed by atoms with E-state index in [0.717, 1.165) is 30.1 Å². The van der Waals surface area contributed by atoms with Crippen LogP contribution >= 0.6 is 0 Å². The first-order valence-corrected chi connectivity index (χ1v) is 12.7. The molecular weight excluding hydrogens is 352 g/mol. The molecule has 4 aliphatic rings. The van der Waals surface area contributed by atoms with Gasteiger partial charge in [-0.3, -0.25) is 0 Å². The third-order valence-electron chi connectivity index (χ3n) is 10.6. The van der Waals surface area contributed by atoms with E-state index in [4.69, 9.17) is 0 Å². The zero-order chi connectivity index (χ0) is 21.0. The van der Waals surface area contributed by atoms with Crippen LogP contribution < -0.4 is 0 Å². The lowest BCUT2D eigenvalue weighted by Gasteiger charge is -2.59. The fraction of sp³-hybridized carbons (Fsp3) is 0.857. The number of allylic oxidation sites excluding steroid dienone is 3. The first-order chi connectivity index (χ1) is 13.7. The van der Waals surface area contributed by atoms with Crippen LogP contribution in [0, 0.1) is 46.3 Å². The molecule has 0 radical (unpaired) electrons. The van der Waals surface area contributed by atoms with Crippen molar-refractivity contribution in [2.24, 2.45) is 46.3 Å². The fourth-order valence-electron chi connectivity index (χ4n) is 8.46. The van der Waals surface area contributed by atoms with Crippen molar-refractivity contribution in [3.8, 4) is 0 Å². The molecule has 0 amide bonds. The number of hydrogen-bond donors (Lipinski definition) is 1. The Balaban J connectivity index is 1.54. The molecule has 0 heterocycles. The van der Waals surface area contributed by atoms with E-state index in [1.807, 2.05) is 0 Å². The fourth-order valence-corrected chi connectivity index (χ4v) is 8.46. The van der Waals surface area contributed by atoms with Crippen LogP contribution in [0.15, 0.2) is 23.3 Å². The summed E-state index contributed by atoms with van der Waals surface area (Å²) in [5, 5.41) is 11.1. The van der Waals surface area contributed by atoms with Crippen molar-refractivity contribution in [3.63, 3.8) is 0 Å². The molecule has 4 rings (SSSR count). The van der Waals surface area contributed by atoms with Crippen molar-refractivity contribution >= 4 is 0 Å². The predicted octanol–water partition coefficient (Wildman–Crippen LogP) is 7.55. The molecule has 0 aliphatic heterocycles. The minimum atomic E-state index is -0.111. The maximum atomic E-state index is 11.1. The van der Waals surface area contributed by atoms with Gasteiger partial charge < -0.3 is 5.11 Å². The summed E-state index contributed by atoms with van der Waals surface area (Å²) in [7, 11) is 0. The van der Waals surface area contributed by atoms with Gasteiger partial charge in [0.05, 0.1) is 6.10 Å². The van der Waals surface area contributed by atoms with Crippen molar-refractivity contribution in [2.75, 3.05) is 0 Å². The summed E-state index contributed by atoms with van der Waals surface area (Å²) >= 11 is 0. The van der Waals surface area contributed by atoms with Crippen LogP contribution in [0.25, 0.3) is 0 Å². The highest BCUT2D eigenvalue weighted by molar-refractivity contribution is 5.26. The minimum absolute atomic E-state index is 0.0727. The standard InChI is InChI=1S/C28H46O/c1-18(2)19(3)10-11-20(4)23-14-15-24-22-13-12-21-8-7-9-26(29)28(21,6)25(22)16-17-27(23,24)5/h10,12,18,20,22-26,29H,7-9,11,13-17H2,1-6H3/t20-,22+,23-,24+,25+,26?,27-,28+/m1/s1. The number of hydrogen-bond acceptors (Lipinski definition) is 1. The third kappa shape index (κ3) is 3.38. The molecule has 3 saturated carbocycles. The van der Waals surface area contributed by atoms with E-state index in [2.05, 4.69) is 53.7 Å². The van der Waals surface area contributed by atoms with Crippen molar-refractivity contribution in [2.45, 2.75) is 105 Å². The van der Waals surface area contributed by atoms with Crippen LogP contribution in [0.4, 0.5) is 0 Å². The first-order valence-electron chi connectivity index (χ1n) is 12.7. The molecule has 0 spiro atoms. The second kappa shape index (κ2) is 7.85. The lowest BCUT2D eigenvalue weighted by Crippen LogP contribution is -2.54. The maximum absolute atomic E-state index is 11.1. The lowest BCUT2D eigenvalue weighted by atomic mass is 9.46. The minimum Gasteiger partial charge on any atom is -0.392 e. The van der Waals surface area contributed by atoms with Crippen molar-refractivity contribution in [1.82, 2.24) is 0 Å². The highest BCUT2D eigenvalue weighted by Gasteiger charge is 2.60. The van der Waals surface area contributed by atoms with Gasteiger partial charge in [0.1, 0.15) is 0 Å². The van der Waals surface area contributed by atoms with Crippen LogP contribution in [-0.2, 0) is 0 Å². The zero-order valence-electron chi connectivity index (χ0n) is 20.0. The van der Waals surface area contributed by atoms with Crippen LogP contribution in [0.3, 0.4) is 0 Å². The Hall–Kier alpha value is -0.560. The van der Waals surface area contributed by atoms with Gasteiger partial charge in [-0.05, 0) is 106 Å². The average molecular weight is 399 g/mol. The molecule has 0 aromatic heterocycles. The molecule has 1 N–H and O–H groups in total. The molecule has 164 valence electrons. The summed E-state index contributed by atoms with van der Waals surface area (Å²) in [6.45, 7) is 14.5. The van der Waals surface area contributed by atoms with E-state index < -0.39 is 0 Å². The topological polar surface area (TPSA) is 20.2 Å². The zero-order valence-corrected chi connectivity index (χ0v) is 20.0. The van der Waals surface area contributed by atoms with Crippen molar-refractivity contribution < 1.29 is 5.11 Å².